The van der Waals surface area contributed by atoms with Gasteiger partial charge >= 0.3 is 0 Å². The van der Waals surface area contributed by atoms with Gasteiger partial charge in [0, 0.05) is 19.0 Å². The van der Waals surface area contributed by atoms with Gasteiger partial charge in [-0.15, -0.1) is 0 Å². The third kappa shape index (κ3) is 2.80. The number of likely N-dealkylation sites (N-methyl/N-ethyl adjacent to an activating group) is 1. The zero-order valence-corrected chi connectivity index (χ0v) is 11.8. The SMILES string of the molecule is CN(CC1(O)CC1)C(=O)Cc1n[nH]c(=O)c2ccccc12. The molecular weight excluding hydrogens is 270 g/mol. The number of nitrogens with zero attached hydrogens (tertiary/aromatic N) is 2. The maximum absolute atomic E-state index is 12.2. The first kappa shape index (κ1) is 13.8. The van der Waals surface area contributed by atoms with E-state index in [1.165, 1.54) is 4.90 Å². The van der Waals surface area contributed by atoms with Crippen molar-refractivity contribution >= 4 is 16.7 Å². The van der Waals surface area contributed by atoms with Gasteiger partial charge in [0.25, 0.3) is 5.56 Å². The number of benzene rings is 1. The van der Waals surface area contributed by atoms with E-state index < -0.39 is 5.60 Å². The third-order valence-corrected chi connectivity index (χ3v) is 3.88. The second kappa shape index (κ2) is 4.96. The zero-order chi connectivity index (χ0) is 15.0. The summed E-state index contributed by atoms with van der Waals surface area (Å²) in [7, 11) is 1.67. The molecular formula is C15H17N3O3. The van der Waals surface area contributed by atoms with Gasteiger partial charge in [0.15, 0.2) is 0 Å². The Labute approximate surface area is 121 Å². The van der Waals surface area contributed by atoms with Crippen LogP contribution in [0.2, 0.25) is 0 Å². The van der Waals surface area contributed by atoms with E-state index in [0.717, 1.165) is 12.8 Å². The number of rotatable bonds is 4. The van der Waals surface area contributed by atoms with Crippen LogP contribution in [-0.4, -0.2) is 45.3 Å². The Morgan fingerprint density at radius 1 is 1.38 bits per heavy atom. The molecule has 2 aromatic rings. The molecule has 6 heteroatoms. The number of aromatic amines is 1. The predicted octanol–water partition coefficient (Wildman–Crippen LogP) is 0.449. The molecule has 1 fully saturated rings. The Kier molecular flexibility index (Phi) is 3.25. The molecule has 0 aliphatic heterocycles. The minimum Gasteiger partial charge on any atom is -0.388 e. The second-order valence-electron chi connectivity index (χ2n) is 5.70. The van der Waals surface area contributed by atoms with Crippen molar-refractivity contribution in [2.24, 2.45) is 0 Å². The first-order valence-corrected chi connectivity index (χ1v) is 6.91. The standard InChI is InChI=1S/C15H17N3O3/c1-18(9-15(21)6-7-15)13(19)8-12-10-4-2-3-5-11(10)14(20)17-16-12/h2-5,21H,6-9H2,1H3,(H,17,20). The van der Waals surface area contributed by atoms with Crippen LogP contribution in [0.1, 0.15) is 18.5 Å². The number of hydrogen-bond donors (Lipinski definition) is 2. The van der Waals surface area contributed by atoms with Gasteiger partial charge in [-0.25, -0.2) is 5.10 Å². The summed E-state index contributed by atoms with van der Waals surface area (Å²) in [5.41, 5.74) is -0.419. The predicted molar refractivity (Wildman–Crippen MR) is 77.9 cm³/mol. The number of H-pyrrole nitrogens is 1. The molecule has 21 heavy (non-hydrogen) atoms. The lowest BCUT2D eigenvalue weighted by atomic mass is 10.1. The summed E-state index contributed by atoms with van der Waals surface area (Å²) in [5, 5.41) is 17.5. The maximum Gasteiger partial charge on any atom is 0.272 e. The highest BCUT2D eigenvalue weighted by Gasteiger charge is 2.42. The quantitative estimate of drug-likeness (QED) is 0.855. The normalized spacial score (nSPS) is 15.9. The lowest BCUT2D eigenvalue weighted by Crippen LogP contribution is -2.36. The van der Waals surface area contributed by atoms with Crippen LogP contribution in [0.25, 0.3) is 10.8 Å². The molecule has 1 aromatic heterocycles. The molecule has 110 valence electrons. The Balaban J connectivity index is 1.83. The number of carbonyl (C=O) groups excluding carboxylic acids is 1. The van der Waals surface area contributed by atoms with Crippen LogP contribution in [-0.2, 0) is 11.2 Å². The van der Waals surface area contributed by atoms with Crippen molar-refractivity contribution in [2.75, 3.05) is 13.6 Å². The molecule has 1 aliphatic rings. The molecule has 1 amide bonds. The number of carbonyl (C=O) groups is 1. The van der Waals surface area contributed by atoms with Crippen molar-refractivity contribution in [1.29, 1.82) is 0 Å². The van der Waals surface area contributed by atoms with Crippen LogP contribution >= 0.6 is 0 Å². The fraction of sp³-hybridized carbons (Fsp3) is 0.400. The summed E-state index contributed by atoms with van der Waals surface area (Å²) in [5.74, 6) is -0.125. The Morgan fingerprint density at radius 2 is 2.05 bits per heavy atom. The van der Waals surface area contributed by atoms with Crippen molar-refractivity contribution in [2.45, 2.75) is 24.9 Å². The van der Waals surface area contributed by atoms with Crippen LogP contribution in [0.4, 0.5) is 0 Å². The highest BCUT2D eigenvalue weighted by molar-refractivity contribution is 5.88. The zero-order valence-electron chi connectivity index (χ0n) is 11.8. The van der Waals surface area contributed by atoms with E-state index >= 15 is 0 Å². The summed E-state index contributed by atoms with van der Waals surface area (Å²) in [6.45, 7) is 0.340. The average molecular weight is 287 g/mol. The molecule has 1 aliphatic carbocycles. The van der Waals surface area contributed by atoms with Gasteiger partial charge in [-0.3, -0.25) is 9.59 Å². The van der Waals surface area contributed by atoms with Crippen LogP contribution in [0.15, 0.2) is 29.1 Å². The summed E-state index contributed by atoms with van der Waals surface area (Å²) in [4.78, 5) is 25.5. The molecule has 1 heterocycles. The van der Waals surface area contributed by atoms with Gasteiger partial charge in [0.1, 0.15) is 0 Å². The van der Waals surface area contributed by atoms with E-state index in [9.17, 15) is 14.7 Å². The van der Waals surface area contributed by atoms with Crippen LogP contribution in [0.5, 0.6) is 0 Å². The molecule has 1 aromatic carbocycles. The molecule has 0 bridgehead atoms. The average Bonchev–Trinajstić information content (AvgIpc) is 3.19. The van der Waals surface area contributed by atoms with E-state index in [-0.39, 0.29) is 17.9 Å². The first-order chi connectivity index (χ1) is 9.98. The topological polar surface area (TPSA) is 86.3 Å². The summed E-state index contributed by atoms with van der Waals surface area (Å²) in [6.07, 6.45) is 1.58. The number of aromatic nitrogens is 2. The van der Waals surface area contributed by atoms with Gasteiger partial charge in [-0.1, -0.05) is 18.2 Å². The lowest BCUT2D eigenvalue weighted by Gasteiger charge is -2.20. The molecule has 3 rings (SSSR count). The molecule has 0 radical (unpaired) electrons. The van der Waals surface area contributed by atoms with Crippen molar-refractivity contribution in [3.63, 3.8) is 0 Å². The van der Waals surface area contributed by atoms with Crippen LogP contribution < -0.4 is 5.56 Å². The fourth-order valence-electron chi connectivity index (χ4n) is 2.42. The third-order valence-electron chi connectivity index (χ3n) is 3.88. The Morgan fingerprint density at radius 3 is 2.71 bits per heavy atom. The monoisotopic (exact) mass is 287 g/mol. The first-order valence-electron chi connectivity index (χ1n) is 6.91. The van der Waals surface area contributed by atoms with E-state index in [0.29, 0.717) is 23.0 Å². The van der Waals surface area contributed by atoms with Crippen molar-refractivity contribution in [3.8, 4) is 0 Å². The molecule has 0 saturated heterocycles. The molecule has 0 spiro atoms. The van der Waals surface area contributed by atoms with Crippen LogP contribution in [0.3, 0.4) is 0 Å². The van der Waals surface area contributed by atoms with Crippen molar-refractivity contribution < 1.29 is 9.90 Å². The number of aliphatic hydroxyl groups is 1. The molecule has 6 nitrogen and oxygen atoms in total. The number of fused-ring (bicyclic) bond motifs is 1. The summed E-state index contributed by atoms with van der Waals surface area (Å²) < 4.78 is 0. The molecule has 2 N–H and O–H groups in total. The van der Waals surface area contributed by atoms with Gasteiger partial charge in [0.2, 0.25) is 5.91 Å². The Bertz CT molecular complexity index is 749. The van der Waals surface area contributed by atoms with E-state index in [1.54, 1.807) is 25.2 Å². The maximum atomic E-state index is 12.2. The molecule has 0 atom stereocenters. The number of amides is 1. The van der Waals surface area contributed by atoms with E-state index in [1.807, 2.05) is 6.07 Å². The van der Waals surface area contributed by atoms with Gasteiger partial charge in [-0.05, 0) is 18.9 Å². The summed E-state index contributed by atoms with van der Waals surface area (Å²) in [6, 6.07) is 7.08. The van der Waals surface area contributed by atoms with Crippen molar-refractivity contribution in [3.05, 3.63) is 40.3 Å². The van der Waals surface area contributed by atoms with E-state index in [2.05, 4.69) is 10.2 Å². The molecule has 1 saturated carbocycles. The summed E-state index contributed by atoms with van der Waals surface area (Å²) >= 11 is 0. The minimum absolute atomic E-state index is 0.101. The van der Waals surface area contributed by atoms with Gasteiger partial charge in [0.05, 0.1) is 23.1 Å². The smallest absolute Gasteiger partial charge is 0.272 e. The minimum atomic E-state index is -0.703. The van der Waals surface area contributed by atoms with Gasteiger partial charge < -0.3 is 10.0 Å². The highest BCUT2D eigenvalue weighted by atomic mass is 16.3. The number of nitrogens with one attached hydrogen (secondary N) is 1. The van der Waals surface area contributed by atoms with Crippen LogP contribution in [0, 0.1) is 0 Å². The molecule has 0 unspecified atom stereocenters. The highest BCUT2D eigenvalue weighted by Crippen LogP contribution is 2.35. The lowest BCUT2D eigenvalue weighted by molar-refractivity contribution is -0.130. The van der Waals surface area contributed by atoms with Gasteiger partial charge in [-0.2, -0.15) is 5.10 Å². The number of hydrogen-bond acceptors (Lipinski definition) is 4. The van der Waals surface area contributed by atoms with Crippen molar-refractivity contribution in [1.82, 2.24) is 15.1 Å². The van der Waals surface area contributed by atoms with E-state index in [4.69, 9.17) is 0 Å². The fourth-order valence-corrected chi connectivity index (χ4v) is 2.42. The Hall–Kier alpha value is -2.21. The second-order valence-corrected chi connectivity index (χ2v) is 5.70. The largest absolute Gasteiger partial charge is 0.388 e.